The predicted octanol–water partition coefficient (Wildman–Crippen LogP) is 3.34. The van der Waals surface area contributed by atoms with Gasteiger partial charge in [-0.05, 0) is 25.0 Å². The van der Waals surface area contributed by atoms with E-state index in [-0.39, 0.29) is 5.38 Å². The van der Waals surface area contributed by atoms with Crippen molar-refractivity contribution in [2.45, 2.75) is 18.7 Å². The predicted molar refractivity (Wildman–Crippen MR) is 57.3 cm³/mol. The number of halogens is 1. The number of rotatable bonds is 2. The maximum Gasteiger partial charge on any atom is 0.0456 e. The van der Waals surface area contributed by atoms with Gasteiger partial charge in [-0.15, -0.1) is 11.6 Å². The van der Waals surface area contributed by atoms with E-state index in [4.69, 9.17) is 11.6 Å². The number of hydrogen-bond donors (Lipinski definition) is 1. The van der Waals surface area contributed by atoms with Gasteiger partial charge in [0.15, 0.2) is 0 Å². The molecule has 0 aliphatic rings. The molecular formula is C11H12ClN. The van der Waals surface area contributed by atoms with Crippen LogP contribution in [-0.4, -0.2) is 10.4 Å². The Labute approximate surface area is 82.7 Å². The minimum atomic E-state index is 0.194. The number of hydrogen-bond acceptors (Lipinski definition) is 0. The lowest BCUT2D eigenvalue weighted by atomic mass is 10.1. The fourth-order valence-electron chi connectivity index (χ4n) is 1.60. The summed E-state index contributed by atoms with van der Waals surface area (Å²) in [5.74, 6) is 0. The van der Waals surface area contributed by atoms with Gasteiger partial charge in [0.05, 0.1) is 0 Å². The fourth-order valence-corrected chi connectivity index (χ4v) is 1.77. The quantitative estimate of drug-likeness (QED) is 0.705. The van der Waals surface area contributed by atoms with E-state index >= 15 is 0 Å². The number of aromatic amines is 1. The number of aromatic nitrogens is 1. The summed E-state index contributed by atoms with van der Waals surface area (Å²) in [6.07, 6.45) is 2.97. The summed E-state index contributed by atoms with van der Waals surface area (Å²) in [5, 5.41) is 1.48. The van der Waals surface area contributed by atoms with Crippen LogP contribution in [0.3, 0.4) is 0 Å². The summed E-state index contributed by atoms with van der Waals surface area (Å²) in [7, 11) is 0. The standard InChI is InChI=1S/C11H12ClN/c1-8(12)6-9-7-13-11-5-3-2-4-10(9)11/h2-5,7-8,13H,6H2,1H3/t8-/m0/s1. The molecule has 0 spiro atoms. The van der Waals surface area contributed by atoms with E-state index in [1.54, 1.807) is 0 Å². The lowest BCUT2D eigenvalue weighted by molar-refractivity contribution is 0.938. The monoisotopic (exact) mass is 193 g/mol. The zero-order valence-corrected chi connectivity index (χ0v) is 8.31. The van der Waals surface area contributed by atoms with Crippen LogP contribution in [0, 0.1) is 0 Å². The van der Waals surface area contributed by atoms with Crippen molar-refractivity contribution in [3.63, 3.8) is 0 Å². The summed E-state index contributed by atoms with van der Waals surface area (Å²) in [4.78, 5) is 3.23. The van der Waals surface area contributed by atoms with Crippen molar-refractivity contribution in [2.24, 2.45) is 0 Å². The number of para-hydroxylation sites is 1. The SMILES string of the molecule is C[C@H](Cl)Cc1c[nH]c2ccccc12. The molecule has 2 aromatic rings. The topological polar surface area (TPSA) is 15.8 Å². The molecule has 68 valence electrons. The number of nitrogens with one attached hydrogen (secondary N) is 1. The number of fused-ring (bicyclic) bond motifs is 1. The van der Waals surface area contributed by atoms with Crippen LogP contribution in [-0.2, 0) is 6.42 Å². The van der Waals surface area contributed by atoms with Crippen molar-refractivity contribution in [2.75, 3.05) is 0 Å². The molecule has 0 bridgehead atoms. The number of H-pyrrole nitrogens is 1. The van der Waals surface area contributed by atoms with Crippen molar-refractivity contribution in [1.29, 1.82) is 0 Å². The summed E-state index contributed by atoms with van der Waals surface area (Å²) >= 11 is 5.96. The second kappa shape index (κ2) is 3.43. The molecule has 1 N–H and O–H groups in total. The number of alkyl halides is 1. The second-order valence-electron chi connectivity index (χ2n) is 3.34. The van der Waals surface area contributed by atoms with E-state index in [9.17, 15) is 0 Å². The molecule has 0 aliphatic carbocycles. The highest BCUT2D eigenvalue weighted by Gasteiger charge is 2.04. The van der Waals surface area contributed by atoms with Gasteiger partial charge in [0.25, 0.3) is 0 Å². The molecule has 0 unspecified atom stereocenters. The van der Waals surface area contributed by atoms with Crippen LogP contribution >= 0.6 is 11.6 Å². The molecule has 0 fully saturated rings. The van der Waals surface area contributed by atoms with Crippen molar-refractivity contribution < 1.29 is 0 Å². The molecule has 13 heavy (non-hydrogen) atoms. The van der Waals surface area contributed by atoms with Crippen molar-refractivity contribution in [3.8, 4) is 0 Å². The van der Waals surface area contributed by atoms with Crippen LogP contribution in [0.4, 0.5) is 0 Å². The van der Waals surface area contributed by atoms with E-state index in [1.165, 1.54) is 16.5 Å². The first-order valence-corrected chi connectivity index (χ1v) is 4.90. The van der Waals surface area contributed by atoms with Crippen LogP contribution in [0.2, 0.25) is 0 Å². The summed E-state index contributed by atoms with van der Waals surface area (Å²) in [6.45, 7) is 2.02. The lowest BCUT2D eigenvalue weighted by Gasteiger charge is -2.00. The molecule has 0 saturated heterocycles. The van der Waals surface area contributed by atoms with Crippen molar-refractivity contribution in [3.05, 3.63) is 36.0 Å². The van der Waals surface area contributed by atoms with Crippen LogP contribution < -0.4 is 0 Å². The first-order chi connectivity index (χ1) is 6.27. The van der Waals surface area contributed by atoms with Gasteiger partial charge in [0.1, 0.15) is 0 Å². The van der Waals surface area contributed by atoms with Crippen LogP contribution in [0.15, 0.2) is 30.5 Å². The molecular weight excluding hydrogens is 182 g/mol. The average molecular weight is 194 g/mol. The maximum atomic E-state index is 5.96. The van der Waals surface area contributed by atoms with Gasteiger partial charge in [-0.2, -0.15) is 0 Å². The highest BCUT2D eigenvalue weighted by atomic mass is 35.5. The largest absolute Gasteiger partial charge is 0.361 e. The normalized spacial score (nSPS) is 13.4. The van der Waals surface area contributed by atoms with Gasteiger partial charge in [-0.1, -0.05) is 18.2 Å². The van der Waals surface area contributed by atoms with Crippen molar-refractivity contribution in [1.82, 2.24) is 4.98 Å². The molecule has 1 aromatic heterocycles. The molecule has 0 radical (unpaired) electrons. The van der Waals surface area contributed by atoms with Gasteiger partial charge in [-0.3, -0.25) is 0 Å². The summed E-state index contributed by atoms with van der Waals surface area (Å²) in [6, 6.07) is 8.30. The van der Waals surface area contributed by atoms with E-state index < -0.39 is 0 Å². The minimum Gasteiger partial charge on any atom is -0.361 e. The first kappa shape index (κ1) is 8.64. The number of benzene rings is 1. The smallest absolute Gasteiger partial charge is 0.0456 e. The lowest BCUT2D eigenvalue weighted by Crippen LogP contribution is -1.95. The molecule has 1 nitrogen and oxygen atoms in total. The van der Waals surface area contributed by atoms with Crippen LogP contribution in [0.5, 0.6) is 0 Å². The van der Waals surface area contributed by atoms with E-state index in [2.05, 4.69) is 23.2 Å². The molecule has 1 heterocycles. The van der Waals surface area contributed by atoms with Gasteiger partial charge in [-0.25, -0.2) is 0 Å². The zero-order chi connectivity index (χ0) is 9.26. The third-order valence-electron chi connectivity index (χ3n) is 2.18. The summed E-state index contributed by atoms with van der Waals surface area (Å²) < 4.78 is 0. The highest BCUT2D eigenvalue weighted by Crippen LogP contribution is 2.19. The molecule has 2 heteroatoms. The van der Waals surface area contributed by atoms with Crippen LogP contribution in [0.1, 0.15) is 12.5 Å². The Balaban J connectivity index is 2.46. The first-order valence-electron chi connectivity index (χ1n) is 4.46. The average Bonchev–Trinajstić information content (AvgIpc) is 2.48. The Morgan fingerprint density at radius 1 is 1.38 bits per heavy atom. The second-order valence-corrected chi connectivity index (χ2v) is 4.09. The molecule has 0 aliphatic heterocycles. The Morgan fingerprint density at radius 2 is 2.15 bits per heavy atom. The Morgan fingerprint density at radius 3 is 2.92 bits per heavy atom. The third-order valence-corrected chi connectivity index (χ3v) is 2.33. The zero-order valence-electron chi connectivity index (χ0n) is 7.55. The Hall–Kier alpha value is -0.950. The van der Waals surface area contributed by atoms with Gasteiger partial charge < -0.3 is 4.98 Å². The fraction of sp³-hybridized carbons (Fsp3) is 0.273. The Kier molecular flexibility index (Phi) is 2.28. The van der Waals surface area contributed by atoms with E-state index in [0.29, 0.717) is 0 Å². The molecule has 0 amide bonds. The van der Waals surface area contributed by atoms with Gasteiger partial charge >= 0.3 is 0 Å². The van der Waals surface area contributed by atoms with Crippen LogP contribution in [0.25, 0.3) is 10.9 Å². The molecule has 0 saturated carbocycles. The minimum absolute atomic E-state index is 0.194. The van der Waals surface area contributed by atoms with Crippen molar-refractivity contribution >= 4 is 22.5 Å². The third kappa shape index (κ3) is 1.70. The maximum absolute atomic E-state index is 5.96. The molecule has 1 atom stereocenters. The molecule has 1 aromatic carbocycles. The van der Waals surface area contributed by atoms with E-state index in [0.717, 1.165) is 6.42 Å². The highest BCUT2D eigenvalue weighted by molar-refractivity contribution is 6.20. The molecule has 2 rings (SSSR count). The Bertz CT molecular complexity index is 403. The van der Waals surface area contributed by atoms with Gasteiger partial charge in [0, 0.05) is 22.5 Å². The van der Waals surface area contributed by atoms with Gasteiger partial charge in [0.2, 0.25) is 0 Å². The summed E-state index contributed by atoms with van der Waals surface area (Å²) in [5.41, 5.74) is 2.49. The van der Waals surface area contributed by atoms with E-state index in [1.807, 2.05) is 19.2 Å².